The number of pyridine rings is 1. The number of hydrogen-bond donors (Lipinski definition) is 3. The number of likely N-dealkylation sites (tertiary alicyclic amines) is 1. The smallest absolute Gasteiger partial charge is 0.329 e. The molecule has 0 spiro atoms. The normalized spacial score (nSPS) is 25.2. The highest BCUT2D eigenvalue weighted by Crippen LogP contribution is 2.39. The van der Waals surface area contributed by atoms with Crippen molar-refractivity contribution in [2.75, 3.05) is 36.4 Å². The van der Waals surface area contributed by atoms with Gasteiger partial charge in [0, 0.05) is 74.7 Å². The molecule has 310 valence electrons. The predicted molar refractivity (Wildman–Crippen MR) is 220 cm³/mol. The number of amides is 4. The molecule has 5 heterocycles. The number of aliphatic hydroxyl groups excluding tert-OH is 1. The predicted octanol–water partition coefficient (Wildman–Crippen LogP) is 5.44. The number of imide groups is 1. The van der Waals surface area contributed by atoms with Crippen LogP contribution in [0, 0.1) is 5.92 Å². The van der Waals surface area contributed by atoms with Gasteiger partial charge in [0.05, 0.1) is 40.9 Å². The number of nitrogens with zero attached hydrogens (tertiary/aromatic N) is 7. The topological polar surface area (TPSA) is 169 Å². The van der Waals surface area contributed by atoms with E-state index in [2.05, 4.69) is 26.7 Å². The summed E-state index contributed by atoms with van der Waals surface area (Å²) in [5.74, 6) is 0.621. The van der Waals surface area contributed by atoms with Crippen molar-refractivity contribution >= 4 is 51.2 Å². The fraction of sp³-hybridized carbons (Fsp3) is 0.488. The molecule has 3 N–H and O–H groups in total. The second-order valence-electron chi connectivity index (χ2n) is 17.0. The number of hydrogen-bond acceptors (Lipinski definition) is 9. The fourth-order valence-electron chi connectivity index (χ4n) is 9.24. The van der Waals surface area contributed by atoms with Crippen LogP contribution in [0.4, 0.5) is 20.7 Å². The van der Waals surface area contributed by atoms with Gasteiger partial charge in [0.1, 0.15) is 17.6 Å². The minimum absolute atomic E-state index is 0.0140. The number of aromatic nitrogens is 5. The maximum atomic E-state index is 13.7. The van der Waals surface area contributed by atoms with E-state index in [-0.39, 0.29) is 42.6 Å². The Morgan fingerprint density at radius 3 is 2.58 bits per heavy atom. The molecule has 2 aromatic carbocycles. The first-order valence-corrected chi connectivity index (χ1v) is 20.7. The molecule has 4 aliphatic rings. The Kier molecular flexibility index (Phi) is 10.2. The largest absolute Gasteiger partial charge is 0.490 e. The number of β-amino-alcohol motifs (C(OH)–C–C–N with tert-alkyl or cyclic N) is 1. The zero-order chi connectivity index (χ0) is 41.1. The summed E-state index contributed by atoms with van der Waals surface area (Å²) in [7, 11) is 1.84. The van der Waals surface area contributed by atoms with Crippen molar-refractivity contribution in [3.8, 4) is 5.75 Å². The van der Waals surface area contributed by atoms with Crippen LogP contribution in [-0.4, -0.2) is 96.5 Å². The van der Waals surface area contributed by atoms with Gasteiger partial charge in [-0.05, 0) is 94.3 Å². The molecule has 4 amide bonds. The first-order chi connectivity index (χ1) is 28.4. The molecule has 5 aromatic rings. The summed E-state index contributed by atoms with van der Waals surface area (Å²) in [5, 5.41) is 27.7. The number of carbonyl (C=O) groups is 3. The van der Waals surface area contributed by atoms with Gasteiger partial charge in [0.15, 0.2) is 5.82 Å². The molecular formula is C43H50FN9O6. The van der Waals surface area contributed by atoms with E-state index in [1.165, 1.54) is 15.5 Å². The van der Waals surface area contributed by atoms with Gasteiger partial charge in [-0.3, -0.25) is 34.0 Å². The third-order valence-electron chi connectivity index (χ3n) is 12.5. The Hall–Kier alpha value is -5.61. The number of fused-ring (bicyclic) bond motifs is 2. The standard InChI is InChI=1S/C43H50FN9O6/c1-24(2)59-38-20-34-27(17-31(38)41(56)45-33-5-4-14-51(42(33)57)36-19-32(36)44)22-53(47-34)28-9-6-25(7-10-28)21-50-15-12-29(37(54)23-50)26-8-11-30-35(18-26)49(3)48-40(30)52-16-13-39(55)46-43(52)58/h4-5,8,11,14,17-18,20,22,24-25,28-29,32,36-37,54H,6-7,9-10,12-13,15-16,19,21,23H2,1-3H3,(H,45,56)(H,46,55,58)/t25?,28?,29-,32+,36-,37+/m0/s1. The number of anilines is 2. The molecule has 59 heavy (non-hydrogen) atoms. The Morgan fingerprint density at radius 2 is 1.85 bits per heavy atom. The van der Waals surface area contributed by atoms with E-state index < -0.39 is 35.8 Å². The van der Waals surface area contributed by atoms with Crippen molar-refractivity contribution in [2.24, 2.45) is 13.0 Å². The number of nitrogens with one attached hydrogen (secondary N) is 2. The number of halogens is 1. The number of ether oxygens (including phenoxy) is 1. The van der Waals surface area contributed by atoms with E-state index in [1.54, 1.807) is 29.1 Å². The summed E-state index contributed by atoms with van der Waals surface area (Å²) < 4.78 is 24.9. The van der Waals surface area contributed by atoms with Gasteiger partial charge in [0.25, 0.3) is 11.5 Å². The third-order valence-corrected chi connectivity index (χ3v) is 12.5. The molecule has 9 rings (SSSR count). The molecule has 0 unspecified atom stereocenters. The molecule has 3 aromatic heterocycles. The van der Waals surface area contributed by atoms with Crippen LogP contribution in [0.3, 0.4) is 0 Å². The van der Waals surface area contributed by atoms with Crippen LogP contribution in [0.15, 0.2) is 59.7 Å². The van der Waals surface area contributed by atoms with Gasteiger partial charge in [0.2, 0.25) is 5.91 Å². The molecule has 15 nitrogen and oxygen atoms in total. The quantitative estimate of drug-likeness (QED) is 0.167. The van der Waals surface area contributed by atoms with Crippen molar-refractivity contribution < 1.29 is 28.6 Å². The molecule has 2 aliphatic carbocycles. The summed E-state index contributed by atoms with van der Waals surface area (Å²) in [6, 6.07) is 12.0. The summed E-state index contributed by atoms with van der Waals surface area (Å²) in [5.41, 5.74) is 2.58. The van der Waals surface area contributed by atoms with Gasteiger partial charge in [-0.2, -0.15) is 10.2 Å². The lowest BCUT2D eigenvalue weighted by Gasteiger charge is -2.39. The van der Waals surface area contributed by atoms with E-state index >= 15 is 0 Å². The van der Waals surface area contributed by atoms with Gasteiger partial charge >= 0.3 is 6.03 Å². The Balaban J connectivity index is 0.820. The highest BCUT2D eigenvalue weighted by atomic mass is 19.1. The van der Waals surface area contributed by atoms with Crippen molar-refractivity contribution in [1.29, 1.82) is 0 Å². The van der Waals surface area contributed by atoms with Crippen LogP contribution >= 0.6 is 0 Å². The number of alkyl halides is 1. The zero-order valence-electron chi connectivity index (χ0n) is 33.5. The van der Waals surface area contributed by atoms with Crippen LogP contribution in [0.1, 0.15) is 92.7 Å². The number of rotatable bonds is 10. The molecule has 0 radical (unpaired) electrons. The van der Waals surface area contributed by atoms with E-state index in [1.807, 2.05) is 43.9 Å². The van der Waals surface area contributed by atoms with Crippen LogP contribution in [0.25, 0.3) is 21.8 Å². The number of carbonyl (C=O) groups excluding carboxylic acids is 3. The first kappa shape index (κ1) is 38.9. The lowest BCUT2D eigenvalue weighted by molar-refractivity contribution is -0.120. The number of piperidine rings is 1. The highest BCUT2D eigenvalue weighted by molar-refractivity contribution is 6.09. The molecule has 2 aliphatic heterocycles. The van der Waals surface area contributed by atoms with Gasteiger partial charge < -0.3 is 24.6 Å². The SMILES string of the molecule is CC(C)Oc1cc2nn(C3CCC(CN4CC[C@@H](c5ccc6c(N7CCC(=O)NC7=O)nn(C)c6c5)[C@H](O)C4)CC3)cc2cc1C(=O)Nc1cccn([C@H]2C[C@H]2F)c1=O. The minimum Gasteiger partial charge on any atom is -0.490 e. The molecule has 16 heteroatoms. The number of urea groups is 1. The van der Waals surface area contributed by atoms with E-state index in [9.17, 15) is 28.7 Å². The Bertz CT molecular complexity index is 2500. The van der Waals surface area contributed by atoms with Gasteiger partial charge in [-0.15, -0.1) is 0 Å². The van der Waals surface area contributed by atoms with Gasteiger partial charge in [-0.25, -0.2) is 9.18 Å². The van der Waals surface area contributed by atoms with E-state index in [0.29, 0.717) is 36.0 Å². The van der Waals surface area contributed by atoms with Crippen LogP contribution in [0.2, 0.25) is 0 Å². The summed E-state index contributed by atoms with van der Waals surface area (Å²) in [4.78, 5) is 54.8. The molecule has 4 atom stereocenters. The third kappa shape index (κ3) is 7.71. The second-order valence-corrected chi connectivity index (χ2v) is 17.0. The highest BCUT2D eigenvalue weighted by Gasteiger charge is 2.40. The number of benzene rings is 2. The van der Waals surface area contributed by atoms with Crippen molar-refractivity contribution in [3.63, 3.8) is 0 Å². The first-order valence-electron chi connectivity index (χ1n) is 20.7. The average molecular weight is 808 g/mol. The molecule has 2 saturated heterocycles. The van der Waals surface area contributed by atoms with Crippen LogP contribution in [-0.2, 0) is 11.8 Å². The summed E-state index contributed by atoms with van der Waals surface area (Å²) in [6.45, 7) is 6.46. The Labute approximate surface area is 340 Å². The maximum absolute atomic E-state index is 13.7. The van der Waals surface area contributed by atoms with E-state index in [4.69, 9.17) is 9.84 Å². The summed E-state index contributed by atoms with van der Waals surface area (Å²) >= 11 is 0. The minimum atomic E-state index is -1.05. The molecular weight excluding hydrogens is 758 g/mol. The van der Waals surface area contributed by atoms with Crippen LogP contribution in [0.5, 0.6) is 5.75 Å². The average Bonchev–Trinajstić information content (AvgIpc) is 3.63. The molecule has 4 fully saturated rings. The van der Waals surface area contributed by atoms with Crippen LogP contribution < -0.4 is 25.8 Å². The molecule has 2 saturated carbocycles. The number of aryl methyl sites for hydroxylation is 1. The fourth-order valence-corrected chi connectivity index (χ4v) is 9.24. The van der Waals surface area contributed by atoms with Crippen molar-refractivity contribution in [3.05, 3.63) is 76.3 Å². The lowest BCUT2D eigenvalue weighted by atomic mass is 9.83. The molecule has 0 bridgehead atoms. The zero-order valence-corrected chi connectivity index (χ0v) is 33.5. The monoisotopic (exact) mass is 807 g/mol. The Morgan fingerprint density at radius 1 is 1.05 bits per heavy atom. The lowest BCUT2D eigenvalue weighted by Crippen LogP contribution is -2.49. The van der Waals surface area contributed by atoms with Gasteiger partial charge in [-0.1, -0.05) is 6.07 Å². The second kappa shape index (κ2) is 15.5. The van der Waals surface area contributed by atoms with Crippen molar-refractivity contribution in [1.82, 2.24) is 34.3 Å². The number of aliphatic hydroxyl groups is 1. The summed E-state index contributed by atoms with van der Waals surface area (Å²) in [6.07, 6.45) is 7.10. The maximum Gasteiger partial charge on any atom is 0.329 e. The van der Waals surface area contributed by atoms with Crippen molar-refractivity contribution in [2.45, 2.75) is 95.2 Å². The van der Waals surface area contributed by atoms with E-state index in [0.717, 1.165) is 72.6 Å².